The van der Waals surface area contributed by atoms with Gasteiger partial charge in [0.05, 0.1) is 0 Å². The van der Waals surface area contributed by atoms with Crippen molar-refractivity contribution in [3.8, 4) is 0 Å². The zero-order valence-corrected chi connectivity index (χ0v) is 14.8. The van der Waals surface area contributed by atoms with Crippen molar-refractivity contribution in [3.05, 3.63) is 11.4 Å². The van der Waals surface area contributed by atoms with Crippen molar-refractivity contribution >= 4 is 11.6 Å². The number of hydrogen-bond donors (Lipinski definition) is 1. The third kappa shape index (κ3) is 5.18. The first kappa shape index (κ1) is 17.7. The second-order valence-corrected chi connectivity index (χ2v) is 6.56. The van der Waals surface area contributed by atoms with Gasteiger partial charge in [-0.1, -0.05) is 34.6 Å². The minimum Gasteiger partial charge on any atom is -0.370 e. The van der Waals surface area contributed by atoms with Gasteiger partial charge in [-0.3, -0.25) is 0 Å². The van der Waals surface area contributed by atoms with Gasteiger partial charge in [-0.05, 0) is 25.7 Å². The first-order valence-electron chi connectivity index (χ1n) is 8.20. The summed E-state index contributed by atoms with van der Waals surface area (Å²) in [5, 5.41) is 3.44. The third-order valence-electron chi connectivity index (χ3n) is 3.60. The van der Waals surface area contributed by atoms with E-state index in [-0.39, 0.29) is 0 Å². The maximum Gasteiger partial charge on any atom is 0.137 e. The summed E-state index contributed by atoms with van der Waals surface area (Å²) in [6.45, 7) is 15.1. The van der Waals surface area contributed by atoms with E-state index < -0.39 is 0 Å². The van der Waals surface area contributed by atoms with Crippen molar-refractivity contribution in [2.24, 2.45) is 5.92 Å². The summed E-state index contributed by atoms with van der Waals surface area (Å²) in [7, 11) is 2.13. The van der Waals surface area contributed by atoms with Gasteiger partial charge in [0.2, 0.25) is 0 Å². The van der Waals surface area contributed by atoms with Crippen LogP contribution in [0, 0.1) is 12.8 Å². The van der Waals surface area contributed by atoms with E-state index in [1.807, 2.05) is 0 Å². The number of nitrogens with one attached hydrogen (secondary N) is 1. The minimum atomic E-state index is 0.338. The van der Waals surface area contributed by atoms with Crippen LogP contribution < -0.4 is 10.2 Å². The Labute approximate surface area is 130 Å². The van der Waals surface area contributed by atoms with E-state index >= 15 is 0 Å². The normalized spacial score (nSPS) is 11.3. The summed E-state index contributed by atoms with van der Waals surface area (Å²) in [5.41, 5.74) is 1.15. The molecule has 0 atom stereocenters. The van der Waals surface area contributed by atoms with Crippen LogP contribution in [0.4, 0.5) is 11.6 Å². The highest BCUT2D eigenvalue weighted by molar-refractivity contribution is 5.58. The summed E-state index contributed by atoms with van der Waals surface area (Å²) in [4.78, 5) is 11.8. The van der Waals surface area contributed by atoms with Crippen LogP contribution >= 0.6 is 0 Å². The molecule has 0 aliphatic heterocycles. The summed E-state index contributed by atoms with van der Waals surface area (Å²) in [5.74, 6) is 4.02. The lowest BCUT2D eigenvalue weighted by molar-refractivity contribution is 0.582. The van der Waals surface area contributed by atoms with Crippen molar-refractivity contribution in [1.29, 1.82) is 0 Å². The van der Waals surface area contributed by atoms with Gasteiger partial charge >= 0.3 is 0 Å². The van der Waals surface area contributed by atoms with Crippen molar-refractivity contribution < 1.29 is 0 Å². The molecule has 0 saturated heterocycles. The van der Waals surface area contributed by atoms with Crippen LogP contribution in [0.15, 0.2) is 0 Å². The SMILES string of the molecule is CCCNc1nc(C(C)C)nc(N(C)CCC(C)C)c1C. The monoisotopic (exact) mass is 292 g/mol. The Morgan fingerprint density at radius 3 is 2.33 bits per heavy atom. The van der Waals surface area contributed by atoms with Gasteiger partial charge in [0.1, 0.15) is 17.5 Å². The molecular formula is C17H32N4. The van der Waals surface area contributed by atoms with E-state index in [0.717, 1.165) is 42.5 Å². The number of rotatable bonds is 8. The summed E-state index contributed by atoms with van der Waals surface area (Å²) >= 11 is 0. The largest absolute Gasteiger partial charge is 0.370 e. The lowest BCUT2D eigenvalue weighted by atomic mass is 10.1. The zero-order valence-electron chi connectivity index (χ0n) is 14.8. The topological polar surface area (TPSA) is 41.1 Å². The predicted octanol–water partition coefficient (Wildman–Crippen LogP) is 4.21. The molecule has 0 aliphatic rings. The summed E-state index contributed by atoms with van der Waals surface area (Å²) in [6.07, 6.45) is 2.27. The fourth-order valence-electron chi connectivity index (χ4n) is 2.12. The van der Waals surface area contributed by atoms with Crippen LogP contribution in [0.25, 0.3) is 0 Å². The number of nitrogens with zero attached hydrogens (tertiary/aromatic N) is 3. The number of aromatic nitrogens is 2. The number of hydrogen-bond acceptors (Lipinski definition) is 4. The fraction of sp³-hybridized carbons (Fsp3) is 0.765. The molecule has 1 aromatic heterocycles. The molecule has 0 saturated carbocycles. The second kappa shape index (κ2) is 8.20. The highest BCUT2D eigenvalue weighted by Crippen LogP contribution is 2.25. The van der Waals surface area contributed by atoms with E-state index in [0.29, 0.717) is 11.8 Å². The molecule has 0 unspecified atom stereocenters. The maximum atomic E-state index is 4.79. The van der Waals surface area contributed by atoms with E-state index in [1.54, 1.807) is 0 Å². The van der Waals surface area contributed by atoms with Gasteiger partial charge in [0.25, 0.3) is 0 Å². The molecular weight excluding hydrogens is 260 g/mol. The molecule has 0 aliphatic carbocycles. The molecule has 21 heavy (non-hydrogen) atoms. The molecule has 0 amide bonds. The Bertz CT molecular complexity index is 441. The lowest BCUT2D eigenvalue weighted by Gasteiger charge is -2.24. The van der Waals surface area contributed by atoms with Crippen molar-refractivity contribution in [3.63, 3.8) is 0 Å². The Kier molecular flexibility index (Phi) is 6.93. The first-order chi connectivity index (χ1) is 9.86. The molecule has 0 bridgehead atoms. The highest BCUT2D eigenvalue weighted by Gasteiger charge is 2.16. The van der Waals surface area contributed by atoms with Gasteiger partial charge < -0.3 is 10.2 Å². The molecule has 4 nitrogen and oxygen atoms in total. The van der Waals surface area contributed by atoms with Crippen LogP contribution in [-0.2, 0) is 0 Å². The minimum absolute atomic E-state index is 0.338. The van der Waals surface area contributed by atoms with E-state index in [4.69, 9.17) is 9.97 Å². The van der Waals surface area contributed by atoms with Crippen LogP contribution in [-0.4, -0.2) is 30.1 Å². The van der Waals surface area contributed by atoms with Crippen molar-refractivity contribution in [1.82, 2.24) is 9.97 Å². The van der Waals surface area contributed by atoms with Gasteiger partial charge in [-0.15, -0.1) is 0 Å². The average Bonchev–Trinajstić information content (AvgIpc) is 2.43. The lowest BCUT2D eigenvalue weighted by Crippen LogP contribution is -2.24. The van der Waals surface area contributed by atoms with E-state index in [2.05, 4.69) is 58.8 Å². The molecule has 4 heteroatoms. The standard InChI is InChI=1S/C17H32N4/c1-8-10-18-16-14(6)17(20-15(19-16)13(4)5)21(7)11-9-12(2)3/h12-13H,8-11H2,1-7H3,(H,18,19,20). The fourth-order valence-corrected chi connectivity index (χ4v) is 2.12. The Morgan fingerprint density at radius 1 is 1.14 bits per heavy atom. The van der Waals surface area contributed by atoms with Crippen molar-refractivity contribution in [2.75, 3.05) is 30.4 Å². The third-order valence-corrected chi connectivity index (χ3v) is 3.60. The molecule has 0 aromatic carbocycles. The Balaban J connectivity index is 3.07. The van der Waals surface area contributed by atoms with Crippen LogP contribution in [0.5, 0.6) is 0 Å². The van der Waals surface area contributed by atoms with Gasteiger partial charge in [-0.2, -0.15) is 0 Å². The van der Waals surface area contributed by atoms with Gasteiger partial charge in [-0.25, -0.2) is 9.97 Å². The summed E-state index contributed by atoms with van der Waals surface area (Å²) in [6, 6.07) is 0. The molecule has 0 fully saturated rings. The van der Waals surface area contributed by atoms with Crippen LogP contribution in [0.1, 0.15) is 64.8 Å². The quantitative estimate of drug-likeness (QED) is 0.779. The second-order valence-electron chi connectivity index (χ2n) is 6.56. The number of anilines is 2. The van der Waals surface area contributed by atoms with Crippen molar-refractivity contribution in [2.45, 2.75) is 60.3 Å². The maximum absolute atomic E-state index is 4.79. The average molecular weight is 292 g/mol. The van der Waals surface area contributed by atoms with E-state index in [1.165, 1.54) is 6.42 Å². The molecule has 0 spiro atoms. The highest BCUT2D eigenvalue weighted by atomic mass is 15.2. The molecule has 0 radical (unpaired) electrons. The summed E-state index contributed by atoms with van der Waals surface area (Å²) < 4.78 is 0. The van der Waals surface area contributed by atoms with E-state index in [9.17, 15) is 0 Å². The van der Waals surface area contributed by atoms with Crippen LogP contribution in [0.2, 0.25) is 0 Å². The first-order valence-corrected chi connectivity index (χ1v) is 8.20. The molecule has 1 heterocycles. The zero-order chi connectivity index (χ0) is 16.0. The molecule has 1 aromatic rings. The van der Waals surface area contributed by atoms with Crippen LogP contribution in [0.3, 0.4) is 0 Å². The predicted molar refractivity (Wildman–Crippen MR) is 92.4 cm³/mol. The molecule has 1 N–H and O–H groups in total. The smallest absolute Gasteiger partial charge is 0.137 e. The Hall–Kier alpha value is -1.32. The Morgan fingerprint density at radius 2 is 1.81 bits per heavy atom. The van der Waals surface area contributed by atoms with Gasteiger partial charge in [0, 0.05) is 31.6 Å². The molecule has 1 rings (SSSR count). The van der Waals surface area contributed by atoms with Gasteiger partial charge in [0.15, 0.2) is 0 Å². The molecule has 120 valence electrons.